The standard InChI is InChI=1S/C12H19N/c1-9(2)12(4,5)11-8-10(3)6-7-13-11/h6-9H,1-5H3. The molecule has 72 valence electrons. The van der Waals surface area contributed by atoms with Gasteiger partial charge in [-0.25, -0.2) is 0 Å². The molecule has 0 bridgehead atoms. The van der Waals surface area contributed by atoms with E-state index in [9.17, 15) is 0 Å². The third-order valence-electron chi connectivity index (χ3n) is 3.02. The fourth-order valence-corrected chi connectivity index (χ4v) is 1.18. The first-order valence-electron chi connectivity index (χ1n) is 4.87. The molecule has 0 aliphatic heterocycles. The second-order valence-corrected chi connectivity index (χ2v) is 4.59. The van der Waals surface area contributed by atoms with Crippen LogP contribution in [0.2, 0.25) is 0 Å². The Bertz CT molecular complexity index is 287. The molecule has 0 aliphatic carbocycles. The summed E-state index contributed by atoms with van der Waals surface area (Å²) in [6.45, 7) is 11.1. The topological polar surface area (TPSA) is 12.9 Å². The zero-order valence-corrected chi connectivity index (χ0v) is 9.26. The van der Waals surface area contributed by atoms with Gasteiger partial charge in [0.15, 0.2) is 0 Å². The van der Waals surface area contributed by atoms with E-state index in [0.29, 0.717) is 5.92 Å². The maximum Gasteiger partial charge on any atom is 0.0464 e. The van der Waals surface area contributed by atoms with Crippen LogP contribution in [0.15, 0.2) is 18.3 Å². The van der Waals surface area contributed by atoms with E-state index in [1.54, 1.807) is 0 Å². The summed E-state index contributed by atoms with van der Waals surface area (Å²) in [4.78, 5) is 4.43. The zero-order chi connectivity index (χ0) is 10.1. The van der Waals surface area contributed by atoms with Gasteiger partial charge in [0.05, 0.1) is 0 Å². The fraction of sp³-hybridized carbons (Fsp3) is 0.583. The first kappa shape index (κ1) is 10.2. The predicted molar refractivity (Wildman–Crippen MR) is 56.8 cm³/mol. The summed E-state index contributed by atoms with van der Waals surface area (Å²) < 4.78 is 0. The smallest absolute Gasteiger partial charge is 0.0464 e. The monoisotopic (exact) mass is 177 g/mol. The maximum atomic E-state index is 4.43. The summed E-state index contributed by atoms with van der Waals surface area (Å²) in [7, 11) is 0. The number of aromatic nitrogens is 1. The van der Waals surface area contributed by atoms with Crippen LogP contribution in [-0.4, -0.2) is 4.98 Å². The summed E-state index contributed by atoms with van der Waals surface area (Å²) in [5.74, 6) is 0.613. The van der Waals surface area contributed by atoms with Gasteiger partial charge in [0, 0.05) is 17.3 Å². The minimum atomic E-state index is 0.173. The third-order valence-corrected chi connectivity index (χ3v) is 3.02. The van der Waals surface area contributed by atoms with Gasteiger partial charge in [-0.2, -0.15) is 0 Å². The second kappa shape index (κ2) is 3.49. The van der Waals surface area contributed by atoms with Crippen molar-refractivity contribution in [3.63, 3.8) is 0 Å². The molecule has 0 atom stereocenters. The fourth-order valence-electron chi connectivity index (χ4n) is 1.18. The predicted octanol–water partition coefficient (Wildman–Crippen LogP) is 3.32. The summed E-state index contributed by atoms with van der Waals surface area (Å²) in [6.07, 6.45) is 1.90. The molecule has 1 heteroatoms. The normalized spacial score (nSPS) is 12.2. The highest BCUT2D eigenvalue weighted by atomic mass is 14.7. The van der Waals surface area contributed by atoms with Crippen molar-refractivity contribution in [3.8, 4) is 0 Å². The lowest BCUT2D eigenvalue weighted by atomic mass is 9.78. The quantitative estimate of drug-likeness (QED) is 0.675. The zero-order valence-electron chi connectivity index (χ0n) is 9.26. The molecule has 0 amide bonds. The van der Waals surface area contributed by atoms with Gasteiger partial charge >= 0.3 is 0 Å². The number of hydrogen-bond acceptors (Lipinski definition) is 1. The molecule has 0 N–H and O–H groups in total. The van der Waals surface area contributed by atoms with Crippen molar-refractivity contribution in [2.45, 2.75) is 40.0 Å². The Kier molecular flexibility index (Phi) is 2.74. The van der Waals surface area contributed by atoms with Crippen LogP contribution in [0.4, 0.5) is 0 Å². The molecule has 1 aromatic rings. The lowest BCUT2D eigenvalue weighted by Gasteiger charge is -2.28. The highest BCUT2D eigenvalue weighted by Gasteiger charge is 2.25. The van der Waals surface area contributed by atoms with E-state index in [4.69, 9.17) is 0 Å². The Morgan fingerprint density at radius 3 is 2.38 bits per heavy atom. The summed E-state index contributed by atoms with van der Waals surface area (Å²) >= 11 is 0. The molecule has 0 aromatic carbocycles. The molecule has 0 fully saturated rings. The van der Waals surface area contributed by atoms with Crippen LogP contribution in [0.25, 0.3) is 0 Å². The van der Waals surface area contributed by atoms with E-state index in [1.165, 1.54) is 11.3 Å². The lowest BCUT2D eigenvalue weighted by Crippen LogP contribution is -2.25. The average Bonchev–Trinajstić information content (AvgIpc) is 2.04. The van der Waals surface area contributed by atoms with Gasteiger partial charge in [-0.15, -0.1) is 0 Å². The molecule has 0 saturated carbocycles. The molecule has 0 spiro atoms. The van der Waals surface area contributed by atoms with Gasteiger partial charge in [0.2, 0.25) is 0 Å². The third kappa shape index (κ3) is 2.09. The largest absolute Gasteiger partial charge is 0.261 e. The van der Waals surface area contributed by atoms with Crippen molar-refractivity contribution in [3.05, 3.63) is 29.6 Å². The van der Waals surface area contributed by atoms with Crippen molar-refractivity contribution in [1.82, 2.24) is 4.98 Å². The number of nitrogens with zero attached hydrogens (tertiary/aromatic N) is 1. The first-order chi connectivity index (χ1) is 5.94. The van der Waals surface area contributed by atoms with Gasteiger partial charge in [-0.3, -0.25) is 4.98 Å². The van der Waals surface area contributed by atoms with Gasteiger partial charge < -0.3 is 0 Å². The van der Waals surface area contributed by atoms with Crippen molar-refractivity contribution in [2.75, 3.05) is 0 Å². The number of rotatable bonds is 2. The van der Waals surface area contributed by atoms with E-state index in [0.717, 1.165) is 0 Å². The Morgan fingerprint density at radius 1 is 1.31 bits per heavy atom. The van der Waals surface area contributed by atoms with Crippen molar-refractivity contribution in [1.29, 1.82) is 0 Å². The maximum absolute atomic E-state index is 4.43. The summed E-state index contributed by atoms with van der Waals surface area (Å²) in [5.41, 5.74) is 2.66. The van der Waals surface area contributed by atoms with Gasteiger partial charge in [0.1, 0.15) is 0 Å². The highest BCUT2D eigenvalue weighted by Crippen LogP contribution is 2.29. The molecular formula is C12H19N. The summed E-state index contributed by atoms with van der Waals surface area (Å²) in [6, 6.07) is 4.22. The van der Waals surface area contributed by atoms with Gasteiger partial charge in [-0.05, 0) is 30.5 Å². The van der Waals surface area contributed by atoms with Crippen LogP contribution < -0.4 is 0 Å². The van der Waals surface area contributed by atoms with Gasteiger partial charge in [0.25, 0.3) is 0 Å². The molecule has 1 nitrogen and oxygen atoms in total. The van der Waals surface area contributed by atoms with E-state index in [-0.39, 0.29) is 5.41 Å². The molecular weight excluding hydrogens is 158 g/mol. The van der Waals surface area contributed by atoms with Crippen LogP contribution in [0.1, 0.15) is 39.0 Å². The number of aryl methyl sites for hydroxylation is 1. The molecule has 0 aliphatic rings. The number of hydrogen-bond donors (Lipinski definition) is 0. The molecule has 0 saturated heterocycles. The Balaban J connectivity index is 3.07. The molecule has 0 radical (unpaired) electrons. The van der Waals surface area contributed by atoms with Crippen LogP contribution in [0, 0.1) is 12.8 Å². The molecule has 1 rings (SSSR count). The first-order valence-corrected chi connectivity index (χ1v) is 4.87. The highest BCUT2D eigenvalue weighted by molar-refractivity contribution is 5.21. The SMILES string of the molecule is Cc1ccnc(C(C)(C)C(C)C)c1. The Hall–Kier alpha value is -0.850. The second-order valence-electron chi connectivity index (χ2n) is 4.59. The Labute approximate surface area is 81.2 Å². The van der Waals surface area contributed by atoms with E-state index < -0.39 is 0 Å². The Morgan fingerprint density at radius 2 is 1.92 bits per heavy atom. The molecule has 13 heavy (non-hydrogen) atoms. The lowest BCUT2D eigenvalue weighted by molar-refractivity contribution is 0.362. The van der Waals surface area contributed by atoms with Crippen LogP contribution in [-0.2, 0) is 5.41 Å². The average molecular weight is 177 g/mol. The van der Waals surface area contributed by atoms with Gasteiger partial charge in [-0.1, -0.05) is 27.7 Å². The minimum absolute atomic E-state index is 0.173. The van der Waals surface area contributed by atoms with Crippen molar-refractivity contribution >= 4 is 0 Å². The summed E-state index contributed by atoms with van der Waals surface area (Å²) in [5, 5.41) is 0. The minimum Gasteiger partial charge on any atom is -0.261 e. The number of pyridine rings is 1. The van der Waals surface area contributed by atoms with E-state index in [2.05, 4.69) is 45.7 Å². The molecule has 1 heterocycles. The van der Waals surface area contributed by atoms with E-state index in [1.807, 2.05) is 12.3 Å². The van der Waals surface area contributed by atoms with Crippen LogP contribution in [0.3, 0.4) is 0 Å². The van der Waals surface area contributed by atoms with Crippen LogP contribution >= 0.6 is 0 Å². The van der Waals surface area contributed by atoms with Crippen molar-refractivity contribution < 1.29 is 0 Å². The molecule has 1 aromatic heterocycles. The molecule has 0 unspecified atom stereocenters. The van der Waals surface area contributed by atoms with E-state index >= 15 is 0 Å². The van der Waals surface area contributed by atoms with Crippen molar-refractivity contribution in [2.24, 2.45) is 5.92 Å². The van der Waals surface area contributed by atoms with Crippen LogP contribution in [0.5, 0.6) is 0 Å².